The molecule has 136 valence electrons. The minimum Gasteiger partial charge on any atom is -0.268 e. The van der Waals surface area contributed by atoms with Crippen LogP contribution < -0.4 is 10.3 Å². The van der Waals surface area contributed by atoms with Gasteiger partial charge in [0.05, 0.1) is 26.4 Å². The van der Waals surface area contributed by atoms with Crippen LogP contribution in [0.3, 0.4) is 0 Å². The van der Waals surface area contributed by atoms with Gasteiger partial charge in [-0.2, -0.15) is 5.10 Å². The van der Waals surface area contributed by atoms with Crippen LogP contribution in [0.15, 0.2) is 57.5 Å². The van der Waals surface area contributed by atoms with Crippen molar-refractivity contribution in [2.45, 2.75) is 11.4 Å². The number of sulfonamides is 1. The van der Waals surface area contributed by atoms with E-state index in [1.165, 1.54) is 40.3 Å². The highest BCUT2D eigenvalue weighted by Gasteiger charge is 2.15. The van der Waals surface area contributed by atoms with E-state index in [1.54, 1.807) is 6.07 Å². The standard InChI is InChI=1S/C16H13Cl2N3O3S2/c17-12-4-3-11(10-13(12)18)26(23,24)19-7-8-21-16(22)6-5-14(20-21)15-2-1-9-25-15/h1-6,9-10,19H,7-8H2. The smallest absolute Gasteiger partial charge is 0.266 e. The van der Waals surface area contributed by atoms with Gasteiger partial charge in [0, 0.05) is 12.6 Å². The molecule has 0 atom stereocenters. The van der Waals surface area contributed by atoms with Gasteiger partial charge in [-0.3, -0.25) is 4.79 Å². The van der Waals surface area contributed by atoms with Crippen molar-refractivity contribution in [3.8, 4) is 10.6 Å². The van der Waals surface area contributed by atoms with Gasteiger partial charge < -0.3 is 0 Å². The number of nitrogens with one attached hydrogen (secondary N) is 1. The maximum Gasteiger partial charge on any atom is 0.266 e. The zero-order valence-electron chi connectivity index (χ0n) is 13.2. The van der Waals surface area contributed by atoms with E-state index < -0.39 is 10.0 Å². The highest BCUT2D eigenvalue weighted by Crippen LogP contribution is 2.24. The number of rotatable bonds is 6. The topological polar surface area (TPSA) is 81.1 Å². The summed E-state index contributed by atoms with van der Waals surface area (Å²) in [4.78, 5) is 12.9. The maximum absolute atomic E-state index is 12.3. The van der Waals surface area contributed by atoms with Crippen molar-refractivity contribution < 1.29 is 8.42 Å². The van der Waals surface area contributed by atoms with Crippen molar-refractivity contribution in [1.29, 1.82) is 0 Å². The first-order valence-electron chi connectivity index (χ1n) is 7.43. The van der Waals surface area contributed by atoms with Crippen LogP contribution in [-0.4, -0.2) is 24.7 Å². The second-order valence-corrected chi connectivity index (χ2v) is 8.76. The average molecular weight is 430 g/mol. The summed E-state index contributed by atoms with van der Waals surface area (Å²) in [7, 11) is -3.77. The fourth-order valence-electron chi connectivity index (χ4n) is 2.18. The van der Waals surface area contributed by atoms with Crippen LogP contribution in [0, 0.1) is 0 Å². The lowest BCUT2D eigenvalue weighted by Gasteiger charge is -2.09. The molecule has 0 aliphatic rings. The van der Waals surface area contributed by atoms with E-state index >= 15 is 0 Å². The molecule has 0 radical (unpaired) electrons. The normalized spacial score (nSPS) is 11.6. The molecule has 3 aromatic rings. The van der Waals surface area contributed by atoms with Gasteiger partial charge in [-0.15, -0.1) is 11.3 Å². The number of benzene rings is 1. The number of halogens is 2. The molecule has 0 fully saturated rings. The van der Waals surface area contributed by atoms with Crippen LogP contribution in [0.1, 0.15) is 0 Å². The van der Waals surface area contributed by atoms with Crippen LogP contribution in [0.4, 0.5) is 0 Å². The Balaban J connectivity index is 1.72. The Morgan fingerprint density at radius 2 is 1.92 bits per heavy atom. The Morgan fingerprint density at radius 1 is 1.12 bits per heavy atom. The van der Waals surface area contributed by atoms with E-state index in [0.29, 0.717) is 5.69 Å². The van der Waals surface area contributed by atoms with E-state index in [9.17, 15) is 13.2 Å². The van der Waals surface area contributed by atoms with Crippen LogP contribution in [0.5, 0.6) is 0 Å². The molecule has 0 bridgehead atoms. The predicted octanol–water partition coefficient (Wildman–Crippen LogP) is 3.26. The summed E-state index contributed by atoms with van der Waals surface area (Å²) >= 11 is 13.2. The number of nitrogens with zero attached hydrogens (tertiary/aromatic N) is 2. The predicted molar refractivity (Wildman–Crippen MR) is 103 cm³/mol. The molecule has 2 heterocycles. The Labute approximate surface area is 164 Å². The number of hydrogen-bond donors (Lipinski definition) is 1. The molecule has 0 amide bonds. The van der Waals surface area contributed by atoms with E-state index in [4.69, 9.17) is 23.2 Å². The molecular formula is C16H13Cl2N3O3S2. The third kappa shape index (κ3) is 4.33. The molecule has 6 nitrogen and oxygen atoms in total. The third-order valence-corrected chi connectivity index (χ3v) is 6.55. The zero-order chi connectivity index (χ0) is 18.7. The summed E-state index contributed by atoms with van der Waals surface area (Å²) in [6, 6.07) is 10.9. The van der Waals surface area contributed by atoms with Crippen molar-refractivity contribution in [2.24, 2.45) is 0 Å². The monoisotopic (exact) mass is 429 g/mol. The van der Waals surface area contributed by atoms with E-state index in [1.807, 2.05) is 17.5 Å². The molecule has 0 aliphatic carbocycles. The molecule has 0 spiro atoms. The number of aromatic nitrogens is 2. The Bertz CT molecular complexity index is 1080. The fraction of sp³-hybridized carbons (Fsp3) is 0.125. The van der Waals surface area contributed by atoms with Crippen molar-refractivity contribution in [1.82, 2.24) is 14.5 Å². The molecule has 26 heavy (non-hydrogen) atoms. The summed E-state index contributed by atoms with van der Waals surface area (Å²) in [5.41, 5.74) is 0.353. The van der Waals surface area contributed by atoms with E-state index in [2.05, 4.69) is 9.82 Å². The third-order valence-electron chi connectivity index (χ3n) is 3.46. The van der Waals surface area contributed by atoms with Gasteiger partial charge in [-0.1, -0.05) is 29.3 Å². The van der Waals surface area contributed by atoms with Gasteiger partial charge in [0.1, 0.15) is 5.69 Å². The molecule has 0 saturated heterocycles. The first kappa shape index (κ1) is 19.1. The van der Waals surface area contributed by atoms with Crippen molar-refractivity contribution in [3.63, 3.8) is 0 Å². The highest BCUT2D eigenvalue weighted by atomic mass is 35.5. The zero-order valence-corrected chi connectivity index (χ0v) is 16.4. The molecule has 3 rings (SSSR count). The Kier molecular flexibility index (Phi) is 5.79. The van der Waals surface area contributed by atoms with Gasteiger partial charge in [0.25, 0.3) is 5.56 Å². The summed E-state index contributed by atoms with van der Waals surface area (Å²) in [6.45, 7) is 0.0992. The lowest BCUT2D eigenvalue weighted by Crippen LogP contribution is -2.32. The first-order chi connectivity index (χ1) is 12.4. The van der Waals surface area contributed by atoms with Crippen LogP contribution in [0.2, 0.25) is 10.0 Å². The summed E-state index contributed by atoms with van der Waals surface area (Å²) in [5.74, 6) is 0. The second-order valence-electron chi connectivity index (χ2n) is 5.23. The molecule has 0 aliphatic heterocycles. The Morgan fingerprint density at radius 3 is 2.62 bits per heavy atom. The average Bonchev–Trinajstić information content (AvgIpc) is 3.13. The van der Waals surface area contributed by atoms with Gasteiger partial charge in [-0.05, 0) is 35.7 Å². The summed E-state index contributed by atoms with van der Waals surface area (Å²) in [6.07, 6.45) is 0. The van der Waals surface area contributed by atoms with Crippen molar-refractivity contribution >= 4 is 44.6 Å². The van der Waals surface area contributed by atoms with Gasteiger partial charge in [-0.25, -0.2) is 17.8 Å². The summed E-state index contributed by atoms with van der Waals surface area (Å²) in [5, 5.41) is 6.61. The van der Waals surface area contributed by atoms with Gasteiger partial charge in [0.2, 0.25) is 10.0 Å². The first-order valence-corrected chi connectivity index (χ1v) is 10.6. The summed E-state index contributed by atoms with van der Waals surface area (Å²) < 4.78 is 28.3. The molecule has 10 heteroatoms. The molecule has 0 unspecified atom stereocenters. The highest BCUT2D eigenvalue weighted by molar-refractivity contribution is 7.89. The fourth-order valence-corrected chi connectivity index (χ4v) is 4.28. The largest absolute Gasteiger partial charge is 0.268 e. The van der Waals surface area contributed by atoms with Crippen molar-refractivity contribution in [3.05, 3.63) is 68.2 Å². The van der Waals surface area contributed by atoms with Crippen LogP contribution in [-0.2, 0) is 16.6 Å². The van der Waals surface area contributed by atoms with Gasteiger partial charge >= 0.3 is 0 Å². The lowest BCUT2D eigenvalue weighted by atomic mass is 10.3. The molecule has 1 aromatic carbocycles. The number of thiophene rings is 1. The molecule has 2 aromatic heterocycles. The minimum absolute atomic E-state index is 0.000424. The van der Waals surface area contributed by atoms with Crippen molar-refractivity contribution in [2.75, 3.05) is 6.54 Å². The van der Waals surface area contributed by atoms with E-state index in [0.717, 1.165) is 4.88 Å². The molecule has 1 N–H and O–H groups in total. The van der Waals surface area contributed by atoms with E-state index in [-0.39, 0.29) is 33.6 Å². The van der Waals surface area contributed by atoms with Gasteiger partial charge in [0.15, 0.2) is 0 Å². The van der Waals surface area contributed by atoms with Crippen LogP contribution >= 0.6 is 34.5 Å². The molecular weight excluding hydrogens is 417 g/mol. The second kappa shape index (κ2) is 7.89. The van der Waals surface area contributed by atoms with Crippen LogP contribution in [0.25, 0.3) is 10.6 Å². The molecule has 0 saturated carbocycles. The number of hydrogen-bond acceptors (Lipinski definition) is 5. The minimum atomic E-state index is -3.77. The lowest BCUT2D eigenvalue weighted by molar-refractivity contribution is 0.549. The SMILES string of the molecule is O=c1ccc(-c2cccs2)nn1CCNS(=O)(=O)c1ccc(Cl)c(Cl)c1. The quantitative estimate of drug-likeness (QED) is 0.651. The Hall–Kier alpha value is -1.71. The maximum atomic E-state index is 12.3.